The Hall–Kier alpha value is -3.32. The van der Waals surface area contributed by atoms with E-state index in [1.807, 2.05) is 32.0 Å². The van der Waals surface area contributed by atoms with Crippen LogP contribution in [0.5, 0.6) is 0 Å². The van der Waals surface area contributed by atoms with Crippen molar-refractivity contribution in [2.24, 2.45) is 0 Å². The lowest BCUT2D eigenvalue weighted by molar-refractivity contribution is -0.116. The Morgan fingerprint density at radius 1 is 1.16 bits per heavy atom. The number of aromatic nitrogens is 2. The van der Waals surface area contributed by atoms with E-state index in [-0.39, 0.29) is 23.9 Å². The number of halogens is 1. The van der Waals surface area contributed by atoms with Gasteiger partial charge in [-0.2, -0.15) is 0 Å². The molecule has 0 unspecified atom stereocenters. The van der Waals surface area contributed by atoms with E-state index in [0.717, 1.165) is 18.8 Å². The highest BCUT2D eigenvalue weighted by Gasteiger charge is 2.25. The average molecular weight is 435 g/mol. The maximum Gasteiger partial charge on any atom is 0.257 e. The third-order valence-corrected chi connectivity index (χ3v) is 5.60. The summed E-state index contributed by atoms with van der Waals surface area (Å²) in [5.41, 5.74) is 2.89. The van der Waals surface area contributed by atoms with Gasteiger partial charge < -0.3 is 5.32 Å². The Balaban J connectivity index is 1.57. The van der Waals surface area contributed by atoms with Crippen molar-refractivity contribution in [1.82, 2.24) is 14.5 Å². The van der Waals surface area contributed by atoms with Gasteiger partial charge in [-0.05, 0) is 30.2 Å². The first-order valence-electron chi connectivity index (χ1n) is 10.8. The SMILES string of the molecule is CC(C)c1nc2c(c(=O)n1CC(=O)Nc1cccc(F)c1)CCN(Cc1ccccc1)C2. The number of anilines is 1. The molecule has 166 valence electrons. The maximum atomic E-state index is 13.4. The molecule has 0 saturated heterocycles. The van der Waals surface area contributed by atoms with Crippen LogP contribution in [-0.2, 0) is 30.8 Å². The minimum Gasteiger partial charge on any atom is -0.324 e. The third-order valence-electron chi connectivity index (χ3n) is 5.60. The normalized spacial score (nSPS) is 13.8. The van der Waals surface area contributed by atoms with Gasteiger partial charge in [-0.1, -0.05) is 50.2 Å². The summed E-state index contributed by atoms with van der Waals surface area (Å²) in [5, 5.41) is 2.66. The minimum absolute atomic E-state index is 0.0283. The van der Waals surface area contributed by atoms with Crippen LogP contribution in [-0.4, -0.2) is 26.9 Å². The van der Waals surface area contributed by atoms with Crippen molar-refractivity contribution in [3.8, 4) is 0 Å². The topological polar surface area (TPSA) is 67.2 Å². The van der Waals surface area contributed by atoms with Crippen molar-refractivity contribution in [3.05, 3.63) is 93.4 Å². The number of fused-ring (bicyclic) bond motifs is 1. The van der Waals surface area contributed by atoms with Crippen molar-refractivity contribution >= 4 is 11.6 Å². The predicted octanol–water partition coefficient (Wildman–Crippen LogP) is 3.70. The Bertz CT molecular complexity index is 1170. The number of carbonyl (C=O) groups is 1. The first-order chi connectivity index (χ1) is 15.4. The van der Waals surface area contributed by atoms with Crippen LogP contribution < -0.4 is 10.9 Å². The number of hydrogen-bond acceptors (Lipinski definition) is 4. The molecule has 0 spiro atoms. The van der Waals surface area contributed by atoms with Crippen LogP contribution in [0.1, 0.15) is 42.4 Å². The Kier molecular flexibility index (Phi) is 6.46. The molecule has 6 nitrogen and oxygen atoms in total. The number of carbonyl (C=O) groups excluding carboxylic acids is 1. The number of amides is 1. The molecule has 1 amide bonds. The fourth-order valence-corrected chi connectivity index (χ4v) is 4.08. The molecule has 32 heavy (non-hydrogen) atoms. The van der Waals surface area contributed by atoms with Gasteiger partial charge in [-0.3, -0.25) is 19.1 Å². The van der Waals surface area contributed by atoms with E-state index in [0.29, 0.717) is 30.0 Å². The summed E-state index contributed by atoms with van der Waals surface area (Å²) in [6, 6.07) is 15.9. The number of nitrogens with zero attached hydrogens (tertiary/aromatic N) is 3. The molecular formula is C25H27FN4O2. The fourth-order valence-electron chi connectivity index (χ4n) is 4.08. The molecule has 2 heterocycles. The molecule has 2 aromatic carbocycles. The molecule has 1 aliphatic heterocycles. The largest absolute Gasteiger partial charge is 0.324 e. The lowest BCUT2D eigenvalue weighted by Gasteiger charge is -2.29. The smallest absolute Gasteiger partial charge is 0.257 e. The Morgan fingerprint density at radius 3 is 2.66 bits per heavy atom. The van der Waals surface area contributed by atoms with Crippen LogP contribution in [0.25, 0.3) is 0 Å². The van der Waals surface area contributed by atoms with Gasteiger partial charge >= 0.3 is 0 Å². The predicted molar refractivity (Wildman–Crippen MR) is 122 cm³/mol. The van der Waals surface area contributed by atoms with E-state index >= 15 is 0 Å². The molecular weight excluding hydrogens is 407 g/mol. The van der Waals surface area contributed by atoms with E-state index in [2.05, 4.69) is 22.3 Å². The van der Waals surface area contributed by atoms with Crippen LogP contribution in [0, 0.1) is 5.82 Å². The van der Waals surface area contributed by atoms with E-state index in [1.165, 1.54) is 28.3 Å². The van der Waals surface area contributed by atoms with Crippen molar-refractivity contribution in [1.29, 1.82) is 0 Å². The summed E-state index contributed by atoms with van der Waals surface area (Å²) in [7, 11) is 0. The molecule has 7 heteroatoms. The average Bonchev–Trinajstić information content (AvgIpc) is 2.76. The molecule has 1 aromatic heterocycles. The number of hydrogen-bond donors (Lipinski definition) is 1. The fraction of sp³-hybridized carbons (Fsp3) is 0.320. The molecule has 0 bridgehead atoms. The first-order valence-corrected chi connectivity index (χ1v) is 10.8. The zero-order valence-corrected chi connectivity index (χ0v) is 18.3. The minimum atomic E-state index is -0.432. The molecule has 0 saturated carbocycles. The zero-order valence-electron chi connectivity index (χ0n) is 18.3. The molecule has 0 fully saturated rings. The summed E-state index contributed by atoms with van der Waals surface area (Å²) in [6.45, 7) is 5.93. The molecule has 1 N–H and O–H groups in total. The standard InChI is InChI=1S/C25H27FN4O2/c1-17(2)24-28-22-15-29(14-18-7-4-3-5-8-18)12-11-21(22)25(32)30(24)16-23(31)27-20-10-6-9-19(26)13-20/h3-10,13,17H,11-12,14-16H2,1-2H3,(H,27,31). The summed E-state index contributed by atoms with van der Waals surface area (Å²) in [4.78, 5) is 33.0. The van der Waals surface area contributed by atoms with Crippen LogP contribution >= 0.6 is 0 Å². The van der Waals surface area contributed by atoms with Crippen LogP contribution in [0.4, 0.5) is 10.1 Å². The Labute approximate surface area is 186 Å². The molecule has 3 aromatic rings. The van der Waals surface area contributed by atoms with Crippen molar-refractivity contribution in [3.63, 3.8) is 0 Å². The second-order valence-corrected chi connectivity index (χ2v) is 8.45. The zero-order chi connectivity index (χ0) is 22.7. The highest BCUT2D eigenvalue weighted by Crippen LogP contribution is 2.20. The summed E-state index contributed by atoms with van der Waals surface area (Å²) in [6.07, 6.45) is 0.595. The van der Waals surface area contributed by atoms with Crippen molar-refractivity contribution < 1.29 is 9.18 Å². The highest BCUT2D eigenvalue weighted by atomic mass is 19.1. The van der Waals surface area contributed by atoms with Gasteiger partial charge in [0.2, 0.25) is 5.91 Å². The van der Waals surface area contributed by atoms with E-state index < -0.39 is 5.82 Å². The highest BCUT2D eigenvalue weighted by molar-refractivity contribution is 5.90. The summed E-state index contributed by atoms with van der Waals surface area (Å²) < 4.78 is 14.9. The lowest BCUT2D eigenvalue weighted by Crippen LogP contribution is -2.40. The van der Waals surface area contributed by atoms with E-state index in [4.69, 9.17) is 4.98 Å². The number of benzene rings is 2. The quantitative estimate of drug-likeness (QED) is 0.642. The first kappa shape index (κ1) is 21.9. The second-order valence-electron chi connectivity index (χ2n) is 8.45. The molecule has 0 atom stereocenters. The maximum absolute atomic E-state index is 13.4. The van der Waals surface area contributed by atoms with Gasteiger partial charge in [-0.15, -0.1) is 0 Å². The second kappa shape index (κ2) is 9.44. The van der Waals surface area contributed by atoms with Gasteiger partial charge in [0.1, 0.15) is 18.2 Å². The van der Waals surface area contributed by atoms with E-state index in [1.54, 1.807) is 6.07 Å². The molecule has 4 rings (SSSR count). The lowest BCUT2D eigenvalue weighted by atomic mass is 10.0. The molecule has 1 aliphatic rings. The monoisotopic (exact) mass is 434 g/mol. The summed E-state index contributed by atoms with van der Waals surface area (Å²) >= 11 is 0. The van der Waals surface area contributed by atoms with Gasteiger partial charge in [0.15, 0.2) is 0 Å². The summed E-state index contributed by atoms with van der Waals surface area (Å²) in [5.74, 6) is -0.259. The van der Waals surface area contributed by atoms with Crippen LogP contribution in [0.2, 0.25) is 0 Å². The van der Waals surface area contributed by atoms with Gasteiger partial charge in [0.05, 0.1) is 5.69 Å². The molecule has 0 radical (unpaired) electrons. The Morgan fingerprint density at radius 2 is 1.94 bits per heavy atom. The van der Waals surface area contributed by atoms with Crippen molar-refractivity contribution in [2.75, 3.05) is 11.9 Å². The van der Waals surface area contributed by atoms with Gasteiger partial charge in [-0.25, -0.2) is 9.37 Å². The van der Waals surface area contributed by atoms with Crippen LogP contribution in [0.15, 0.2) is 59.4 Å². The van der Waals surface area contributed by atoms with Gasteiger partial charge in [0.25, 0.3) is 5.56 Å². The molecule has 0 aliphatic carbocycles. The third kappa shape index (κ3) is 4.94. The van der Waals surface area contributed by atoms with Crippen LogP contribution in [0.3, 0.4) is 0 Å². The number of nitrogens with one attached hydrogen (secondary N) is 1. The van der Waals surface area contributed by atoms with E-state index in [9.17, 15) is 14.0 Å². The van der Waals surface area contributed by atoms with Gasteiger partial charge in [0, 0.05) is 36.8 Å². The van der Waals surface area contributed by atoms with Crippen molar-refractivity contribution in [2.45, 2.75) is 45.8 Å². The number of rotatable bonds is 6.